The van der Waals surface area contributed by atoms with Crippen LogP contribution in [0.15, 0.2) is 28.7 Å². The van der Waals surface area contributed by atoms with Crippen LogP contribution in [0.2, 0.25) is 0 Å². The molecule has 0 aromatic heterocycles. The molecule has 1 aliphatic rings. The van der Waals surface area contributed by atoms with Gasteiger partial charge < -0.3 is 5.73 Å². The SMILES string of the molecule is NCC(c1cccc(Br)c1)C1CCSC1. The maximum absolute atomic E-state index is 5.91. The highest BCUT2D eigenvalue weighted by molar-refractivity contribution is 9.10. The van der Waals surface area contributed by atoms with Crippen molar-refractivity contribution in [2.24, 2.45) is 11.7 Å². The van der Waals surface area contributed by atoms with Crippen molar-refractivity contribution < 1.29 is 0 Å². The fourth-order valence-corrected chi connectivity index (χ4v) is 3.96. The van der Waals surface area contributed by atoms with Crippen molar-refractivity contribution in [3.8, 4) is 0 Å². The second-order valence-electron chi connectivity index (χ2n) is 4.02. The van der Waals surface area contributed by atoms with Gasteiger partial charge in [0.1, 0.15) is 0 Å². The maximum Gasteiger partial charge on any atom is 0.0178 e. The fraction of sp³-hybridized carbons (Fsp3) is 0.500. The molecule has 2 rings (SSSR count). The van der Waals surface area contributed by atoms with E-state index in [9.17, 15) is 0 Å². The molecule has 3 heteroatoms. The molecule has 1 aromatic rings. The number of rotatable bonds is 3. The van der Waals surface area contributed by atoms with E-state index in [0.717, 1.165) is 16.9 Å². The number of nitrogens with two attached hydrogens (primary N) is 1. The lowest BCUT2D eigenvalue weighted by atomic mass is 9.86. The highest BCUT2D eigenvalue weighted by Crippen LogP contribution is 2.35. The van der Waals surface area contributed by atoms with Crippen LogP contribution in [-0.4, -0.2) is 18.1 Å². The van der Waals surface area contributed by atoms with Crippen molar-refractivity contribution in [2.75, 3.05) is 18.1 Å². The van der Waals surface area contributed by atoms with Crippen LogP contribution in [0.4, 0.5) is 0 Å². The molecule has 0 aliphatic carbocycles. The summed E-state index contributed by atoms with van der Waals surface area (Å²) in [7, 11) is 0. The van der Waals surface area contributed by atoms with Gasteiger partial charge in [0.15, 0.2) is 0 Å². The average Bonchev–Trinajstić information content (AvgIpc) is 2.72. The summed E-state index contributed by atoms with van der Waals surface area (Å²) < 4.78 is 1.16. The Morgan fingerprint density at radius 2 is 2.40 bits per heavy atom. The molecule has 1 nitrogen and oxygen atoms in total. The molecular formula is C12H16BrNS. The first-order valence-corrected chi connectivity index (χ1v) is 7.29. The van der Waals surface area contributed by atoms with Crippen LogP contribution in [0.1, 0.15) is 17.9 Å². The monoisotopic (exact) mass is 285 g/mol. The Bertz CT molecular complexity index is 323. The first-order valence-electron chi connectivity index (χ1n) is 5.34. The predicted octanol–water partition coefficient (Wildman–Crippen LogP) is 3.24. The number of hydrogen-bond donors (Lipinski definition) is 1. The summed E-state index contributed by atoms with van der Waals surface area (Å²) in [6.45, 7) is 0.766. The van der Waals surface area contributed by atoms with E-state index in [2.05, 4.69) is 52.0 Å². The van der Waals surface area contributed by atoms with Crippen LogP contribution < -0.4 is 5.73 Å². The highest BCUT2D eigenvalue weighted by Gasteiger charge is 2.25. The summed E-state index contributed by atoms with van der Waals surface area (Å²) >= 11 is 5.58. The Morgan fingerprint density at radius 1 is 1.53 bits per heavy atom. The molecule has 1 saturated heterocycles. The molecule has 1 aliphatic heterocycles. The van der Waals surface area contributed by atoms with E-state index in [1.807, 2.05) is 0 Å². The summed E-state index contributed by atoms with van der Waals surface area (Å²) in [5, 5.41) is 0. The Morgan fingerprint density at radius 3 is 3.00 bits per heavy atom. The highest BCUT2D eigenvalue weighted by atomic mass is 79.9. The van der Waals surface area contributed by atoms with E-state index in [4.69, 9.17) is 5.73 Å². The molecule has 15 heavy (non-hydrogen) atoms. The van der Waals surface area contributed by atoms with Gasteiger partial charge in [-0.3, -0.25) is 0 Å². The van der Waals surface area contributed by atoms with E-state index in [1.165, 1.54) is 23.5 Å². The van der Waals surface area contributed by atoms with E-state index in [1.54, 1.807) is 0 Å². The first-order chi connectivity index (χ1) is 7.31. The smallest absolute Gasteiger partial charge is 0.0178 e. The van der Waals surface area contributed by atoms with Gasteiger partial charge in [-0.15, -0.1) is 0 Å². The van der Waals surface area contributed by atoms with Gasteiger partial charge in [0.25, 0.3) is 0 Å². The quantitative estimate of drug-likeness (QED) is 0.923. The van der Waals surface area contributed by atoms with Gasteiger partial charge >= 0.3 is 0 Å². The lowest BCUT2D eigenvalue weighted by molar-refractivity contribution is 0.476. The largest absolute Gasteiger partial charge is 0.330 e. The van der Waals surface area contributed by atoms with Crippen LogP contribution >= 0.6 is 27.7 Å². The molecule has 0 bridgehead atoms. The van der Waals surface area contributed by atoms with Crippen molar-refractivity contribution in [3.05, 3.63) is 34.3 Å². The lowest BCUT2D eigenvalue weighted by Gasteiger charge is -2.21. The topological polar surface area (TPSA) is 26.0 Å². The van der Waals surface area contributed by atoms with Crippen LogP contribution in [-0.2, 0) is 0 Å². The van der Waals surface area contributed by atoms with Crippen LogP contribution in [0.3, 0.4) is 0 Å². The molecule has 0 amide bonds. The van der Waals surface area contributed by atoms with Gasteiger partial charge in [-0.05, 0) is 54.0 Å². The summed E-state index contributed by atoms with van der Waals surface area (Å²) in [5.41, 5.74) is 7.30. The number of hydrogen-bond acceptors (Lipinski definition) is 2. The van der Waals surface area contributed by atoms with Crippen molar-refractivity contribution in [1.29, 1.82) is 0 Å². The third kappa shape index (κ3) is 2.77. The molecule has 2 N–H and O–H groups in total. The van der Waals surface area contributed by atoms with Gasteiger partial charge in [0, 0.05) is 4.47 Å². The summed E-state index contributed by atoms with van der Waals surface area (Å²) in [6.07, 6.45) is 1.32. The van der Waals surface area contributed by atoms with Crippen LogP contribution in [0, 0.1) is 5.92 Å². The van der Waals surface area contributed by atoms with E-state index < -0.39 is 0 Å². The molecule has 2 unspecified atom stereocenters. The molecular weight excluding hydrogens is 270 g/mol. The Hall–Kier alpha value is 0.01000. The molecule has 0 radical (unpaired) electrons. The van der Waals surface area contributed by atoms with E-state index in [0.29, 0.717) is 5.92 Å². The summed E-state index contributed by atoms with van der Waals surface area (Å²) in [6, 6.07) is 8.58. The molecule has 1 heterocycles. The lowest BCUT2D eigenvalue weighted by Crippen LogP contribution is -2.21. The van der Waals surface area contributed by atoms with Crippen molar-refractivity contribution in [3.63, 3.8) is 0 Å². The number of thioether (sulfide) groups is 1. The van der Waals surface area contributed by atoms with Gasteiger partial charge in [-0.1, -0.05) is 28.1 Å². The normalized spacial score (nSPS) is 22.9. The van der Waals surface area contributed by atoms with Crippen LogP contribution in [0.25, 0.3) is 0 Å². The second-order valence-corrected chi connectivity index (χ2v) is 6.09. The molecule has 0 spiro atoms. The fourth-order valence-electron chi connectivity index (χ4n) is 2.21. The first kappa shape index (κ1) is 11.5. The number of benzene rings is 1. The Labute approximate surface area is 104 Å². The zero-order valence-electron chi connectivity index (χ0n) is 8.66. The third-order valence-electron chi connectivity index (χ3n) is 3.06. The Balaban J connectivity index is 2.18. The van der Waals surface area contributed by atoms with Crippen LogP contribution in [0.5, 0.6) is 0 Å². The van der Waals surface area contributed by atoms with Gasteiger partial charge in [0.05, 0.1) is 0 Å². The average molecular weight is 286 g/mol. The second kappa shape index (κ2) is 5.37. The minimum atomic E-state index is 0.539. The molecule has 1 fully saturated rings. The zero-order chi connectivity index (χ0) is 10.7. The maximum atomic E-state index is 5.91. The number of halogens is 1. The minimum absolute atomic E-state index is 0.539. The van der Waals surface area contributed by atoms with Gasteiger partial charge in [-0.2, -0.15) is 11.8 Å². The standard InChI is InChI=1S/C12H16BrNS/c13-11-3-1-2-9(6-11)12(7-14)10-4-5-15-8-10/h1-3,6,10,12H,4-5,7-8,14H2. The molecule has 82 valence electrons. The minimum Gasteiger partial charge on any atom is -0.330 e. The van der Waals surface area contributed by atoms with Crippen molar-refractivity contribution in [2.45, 2.75) is 12.3 Å². The van der Waals surface area contributed by atoms with Gasteiger partial charge in [-0.25, -0.2) is 0 Å². The predicted molar refractivity (Wildman–Crippen MR) is 71.4 cm³/mol. The van der Waals surface area contributed by atoms with Crippen molar-refractivity contribution in [1.82, 2.24) is 0 Å². The summed E-state index contributed by atoms with van der Waals surface area (Å²) in [5.74, 6) is 3.88. The third-order valence-corrected chi connectivity index (χ3v) is 4.75. The molecule has 1 aromatic carbocycles. The van der Waals surface area contributed by atoms with Crippen molar-refractivity contribution >= 4 is 27.7 Å². The molecule has 0 saturated carbocycles. The summed E-state index contributed by atoms with van der Waals surface area (Å²) in [4.78, 5) is 0. The van der Waals surface area contributed by atoms with E-state index in [-0.39, 0.29) is 0 Å². The Kier molecular flexibility index (Phi) is 4.12. The molecule has 2 atom stereocenters. The van der Waals surface area contributed by atoms with Gasteiger partial charge in [0.2, 0.25) is 0 Å². The van der Waals surface area contributed by atoms with E-state index >= 15 is 0 Å². The zero-order valence-corrected chi connectivity index (χ0v) is 11.1.